The molecule has 0 aromatic heterocycles. The molecule has 0 spiro atoms. The quantitative estimate of drug-likeness (QED) is 0.652. The summed E-state index contributed by atoms with van der Waals surface area (Å²) < 4.78 is 12.1. The van der Waals surface area contributed by atoms with Gasteiger partial charge < -0.3 is 14.4 Å². The van der Waals surface area contributed by atoms with E-state index in [1.807, 2.05) is 40.7 Å². The van der Waals surface area contributed by atoms with Crippen LogP contribution in [0.5, 0.6) is 0 Å². The molecule has 0 unspecified atom stereocenters. The summed E-state index contributed by atoms with van der Waals surface area (Å²) in [6, 6.07) is 5.06. The average Bonchev–Trinajstić information content (AvgIpc) is 2.66. The molecule has 1 saturated heterocycles. The van der Waals surface area contributed by atoms with Crippen molar-refractivity contribution in [3.05, 3.63) is 40.4 Å². The third-order valence-corrected chi connectivity index (χ3v) is 4.97. The number of rotatable bonds is 4. The van der Waals surface area contributed by atoms with Crippen LogP contribution in [-0.4, -0.2) is 35.1 Å². The predicted octanol–water partition coefficient (Wildman–Crippen LogP) is 3.64. The number of thiol groups is 1. The molecule has 0 saturated carbocycles. The highest BCUT2D eigenvalue weighted by molar-refractivity contribution is 7.80. The maximum atomic E-state index is 11.2. The second-order valence-electron chi connectivity index (χ2n) is 6.84. The topological polar surface area (TPSA) is 55.8 Å². The largest absolute Gasteiger partial charge is 0.491 e. The lowest BCUT2D eigenvalue weighted by Crippen LogP contribution is -2.41. The molecule has 6 heteroatoms. The van der Waals surface area contributed by atoms with Crippen LogP contribution in [0.3, 0.4) is 0 Å². The number of hydrogen-bond donors (Lipinski definition) is 2. The Bertz CT molecular complexity index is 636. The van der Waals surface area contributed by atoms with Gasteiger partial charge in [-0.25, -0.2) is 4.79 Å². The molecule has 0 atom stereocenters. The van der Waals surface area contributed by atoms with E-state index in [1.165, 1.54) is 0 Å². The first-order chi connectivity index (χ1) is 10.6. The zero-order valence-electron chi connectivity index (χ0n) is 14.2. The van der Waals surface area contributed by atoms with Crippen molar-refractivity contribution in [1.29, 1.82) is 0 Å². The fraction of sp³-hybridized carbons (Fsp3) is 0.471. The molecule has 0 bridgehead atoms. The van der Waals surface area contributed by atoms with Crippen molar-refractivity contribution in [1.82, 2.24) is 0 Å². The van der Waals surface area contributed by atoms with E-state index in [0.29, 0.717) is 5.75 Å². The predicted molar refractivity (Wildman–Crippen MR) is 96.1 cm³/mol. The highest BCUT2D eigenvalue weighted by Gasteiger charge is 2.52. The molecular formula is C17H23BO4S. The van der Waals surface area contributed by atoms with Crippen LogP contribution in [0.2, 0.25) is 0 Å². The summed E-state index contributed by atoms with van der Waals surface area (Å²) in [6.07, 6.45) is 1.91. The Kier molecular flexibility index (Phi) is 4.99. The van der Waals surface area contributed by atoms with Crippen LogP contribution < -0.4 is 0 Å². The molecule has 1 fully saturated rings. The molecule has 0 aliphatic carbocycles. The fourth-order valence-corrected chi connectivity index (χ4v) is 2.55. The maximum absolute atomic E-state index is 11.2. The molecule has 1 aliphatic rings. The van der Waals surface area contributed by atoms with Crippen molar-refractivity contribution in [3.8, 4) is 0 Å². The molecule has 0 amide bonds. The van der Waals surface area contributed by atoms with E-state index in [1.54, 1.807) is 18.2 Å². The second kappa shape index (κ2) is 6.34. The summed E-state index contributed by atoms with van der Waals surface area (Å²) in [6.45, 7) is 9.94. The molecule has 124 valence electrons. The molecule has 1 N–H and O–H groups in total. The summed E-state index contributed by atoms with van der Waals surface area (Å²) in [4.78, 5) is 11.2. The van der Waals surface area contributed by atoms with Crippen LogP contribution in [0.4, 0.5) is 0 Å². The number of carboxylic acids is 1. The third-order valence-electron chi connectivity index (χ3n) is 4.61. The summed E-state index contributed by atoms with van der Waals surface area (Å²) in [7, 11) is -0.481. The Labute approximate surface area is 143 Å². The Morgan fingerprint density at radius 1 is 1.26 bits per heavy atom. The van der Waals surface area contributed by atoms with Crippen molar-refractivity contribution < 1.29 is 19.2 Å². The van der Waals surface area contributed by atoms with Crippen molar-refractivity contribution in [2.24, 2.45) is 0 Å². The van der Waals surface area contributed by atoms with Crippen LogP contribution in [0.15, 0.2) is 23.7 Å². The van der Waals surface area contributed by atoms with Gasteiger partial charge in [0.2, 0.25) is 0 Å². The smallest absolute Gasteiger partial charge is 0.478 e. The van der Waals surface area contributed by atoms with Gasteiger partial charge in [0.1, 0.15) is 0 Å². The van der Waals surface area contributed by atoms with Gasteiger partial charge in [-0.1, -0.05) is 12.1 Å². The van der Waals surface area contributed by atoms with Gasteiger partial charge in [0.05, 0.1) is 16.8 Å². The van der Waals surface area contributed by atoms with Crippen LogP contribution in [-0.2, 0) is 9.31 Å². The van der Waals surface area contributed by atoms with Crippen LogP contribution in [0.25, 0.3) is 6.08 Å². The number of hydrogen-bond acceptors (Lipinski definition) is 4. The number of aromatic carboxylic acids is 1. The molecule has 1 aromatic rings. The first kappa shape index (κ1) is 18.1. The zero-order chi connectivity index (χ0) is 17.4. The first-order valence-electron chi connectivity index (χ1n) is 7.58. The lowest BCUT2D eigenvalue weighted by atomic mass is 9.78. The minimum Gasteiger partial charge on any atom is -0.478 e. The lowest BCUT2D eigenvalue weighted by Gasteiger charge is -2.32. The van der Waals surface area contributed by atoms with Crippen LogP contribution in [0.1, 0.15) is 49.2 Å². The summed E-state index contributed by atoms with van der Waals surface area (Å²) in [5.74, 6) is -0.476. The third kappa shape index (κ3) is 3.65. The van der Waals surface area contributed by atoms with E-state index in [9.17, 15) is 4.79 Å². The van der Waals surface area contributed by atoms with E-state index in [0.717, 1.165) is 16.6 Å². The molecule has 0 radical (unpaired) electrons. The fourth-order valence-electron chi connectivity index (χ4n) is 2.31. The van der Waals surface area contributed by atoms with Gasteiger partial charge in [-0.2, -0.15) is 12.6 Å². The number of benzene rings is 1. The molecule has 4 nitrogen and oxygen atoms in total. The monoisotopic (exact) mass is 334 g/mol. The van der Waals surface area contributed by atoms with Crippen LogP contribution in [0, 0.1) is 6.92 Å². The minimum atomic E-state index is -0.942. The van der Waals surface area contributed by atoms with Gasteiger partial charge in [-0.15, -0.1) is 0 Å². The second-order valence-corrected chi connectivity index (χ2v) is 7.16. The van der Waals surface area contributed by atoms with Gasteiger partial charge in [-0.3, -0.25) is 0 Å². The Morgan fingerprint density at radius 3 is 2.30 bits per heavy atom. The van der Waals surface area contributed by atoms with E-state index in [4.69, 9.17) is 14.4 Å². The van der Waals surface area contributed by atoms with Gasteiger partial charge in [0.25, 0.3) is 0 Å². The van der Waals surface area contributed by atoms with E-state index in [2.05, 4.69) is 12.6 Å². The highest BCUT2D eigenvalue weighted by Crippen LogP contribution is 2.39. The van der Waals surface area contributed by atoms with Gasteiger partial charge in [0, 0.05) is 5.75 Å². The normalized spacial score (nSPS) is 19.9. The maximum Gasteiger partial charge on any atom is 0.491 e. The molecular weight excluding hydrogens is 311 g/mol. The van der Waals surface area contributed by atoms with Crippen molar-refractivity contribution in [2.45, 2.75) is 45.8 Å². The summed E-state index contributed by atoms with van der Waals surface area (Å²) >= 11 is 4.39. The number of carbonyl (C=O) groups is 1. The van der Waals surface area contributed by atoms with E-state index < -0.39 is 24.3 Å². The van der Waals surface area contributed by atoms with E-state index >= 15 is 0 Å². The van der Waals surface area contributed by atoms with Gasteiger partial charge in [-0.05, 0) is 63.4 Å². The van der Waals surface area contributed by atoms with Crippen molar-refractivity contribution in [2.75, 3.05) is 5.75 Å². The molecule has 23 heavy (non-hydrogen) atoms. The van der Waals surface area contributed by atoms with Gasteiger partial charge >= 0.3 is 13.1 Å². The van der Waals surface area contributed by atoms with Crippen LogP contribution >= 0.6 is 12.6 Å². The number of aryl methyl sites for hydroxylation is 1. The zero-order valence-corrected chi connectivity index (χ0v) is 15.1. The molecule has 2 rings (SSSR count). The Balaban J connectivity index is 2.37. The summed E-state index contributed by atoms with van der Waals surface area (Å²) in [5.41, 5.74) is 2.12. The number of carboxylic acid groups (broad SMARTS) is 1. The first-order valence-corrected chi connectivity index (χ1v) is 8.21. The Hall–Kier alpha value is -1.24. The SMILES string of the molecule is Cc1ccc(C(=O)O)cc1C=C(CS)B1OC(C)(C)C(C)(C)O1. The van der Waals surface area contributed by atoms with Crippen molar-refractivity contribution >= 4 is 31.8 Å². The molecule has 1 aromatic carbocycles. The lowest BCUT2D eigenvalue weighted by molar-refractivity contribution is 0.00578. The highest BCUT2D eigenvalue weighted by atomic mass is 32.1. The Morgan fingerprint density at radius 2 is 1.83 bits per heavy atom. The van der Waals surface area contributed by atoms with Gasteiger partial charge in [0.15, 0.2) is 0 Å². The minimum absolute atomic E-state index is 0.259. The standard InChI is InChI=1S/C17H23BO4S/c1-11-6-7-12(15(19)20)8-13(11)9-14(10-23)18-21-16(2,3)17(4,5)22-18/h6-9,23H,10H2,1-5H3,(H,19,20). The average molecular weight is 334 g/mol. The summed E-state index contributed by atoms with van der Waals surface area (Å²) in [5, 5.41) is 9.16. The van der Waals surface area contributed by atoms with Crippen molar-refractivity contribution in [3.63, 3.8) is 0 Å². The molecule has 1 aliphatic heterocycles. The van der Waals surface area contributed by atoms with E-state index in [-0.39, 0.29) is 5.56 Å². The molecule has 1 heterocycles.